The zero-order valence-electron chi connectivity index (χ0n) is 10.3. The van der Waals surface area contributed by atoms with E-state index in [9.17, 15) is 13.2 Å². The zero-order chi connectivity index (χ0) is 13.8. The summed E-state index contributed by atoms with van der Waals surface area (Å²) in [7, 11) is 1.45. The maximum absolute atomic E-state index is 11.8. The van der Waals surface area contributed by atoms with Gasteiger partial charge >= 0.3 is 0 Å². The van der Waals surface area contributed by atoms with E-state index in [0.717, 1.165) is 12.8 Å². The summed E-state index contributed by atoms with van der Waals surface area (Å²) < 4.78 is 22.1. The molecule has 1 rings (SSSR count). The van der Waals surface area contributed by atoms with Crippen LogP contribution in [0.5, 0.6) is 0 Å². The molecule has 0 aromatic heterocycles. The van der Waals surface area contributed by atoms with Crippen LogP contribution in [0.2, 0.25) is 0 Å². The summed E-state index contributed by atoms with van der Waals surface area (Å²) in [6.07, 6.45) is 1.72. The molecule has 18 heavy (non-hydrogen) atoms. The van der Waals surface area contributed by atoms with Crippen molar-refractivity contribution in [3.63, 3.8) is 0 Å². The molecule has 1 amide bonds. The number of carbonyl (C=O) groups excluding carboxylic acids is 1. The van der Waals surface area contributed by atoms with Gasteiger partial charge in [0.2, 0.25) is 0 Å². The molecule has 0 atom stereocenters. The molecule has 0 aliphatic rings. The van der Waals surface area contributed by atoms with Gasteiger partial charge in [0, 0.05) is 22.3 Å². The highest BCUT2D eigenvalue weighted by molar-refractivity contribution is 8.13. The van der Waals surface area contributed by atoms with E-state index in [0.29, 0.717) is 5.56 Å². The van der Waals surface area contributed by atoms with Gasteiger partial charge in [0.05, 0.1) is 4.90 Å². The molecule has 1 aromatic rings. The number of amides is 1. The van der Waals surface area contributed by atoms with E-state index < -0.39 is 9.05 Å². The van der Waals surface area contributed by atoms with Crippen LogP contribution < -0.4 is 5.32 Å². The van der Waals surface area contributed by atoms with E-state index in [4.69, 9.17) is 10.7 Å². The number of halogens is 1. The van der Waals surface area contributed by atoms with Gasteiger partial charge in [-0.1, -0.05) is 13.8 Å². The molecule has 0 spiro atoms. The van der Waals surface area contributed by atoms with Gasteiger partial charge in [-0.2, -0.15) is 0 Å². The third-order valence-electron chi connectivity index (χ3n) is 2.72. The Hall–Kier alpha value is -1.07. The van der Waals surface area contributed by atoms with E-state index in [1.54, 1.807) is 0 Å². The second kappa shape index (κ2) is 6.20. The number of hydrogen-bond acceptors (Lipinski definition) is 3. The van der Waals surface area contributed by atoms with E-state index in [1.807, 2.05) is 13.8 Å². The smallest absolute Gasteiger partial charge is 0.261 e. The van der Waals surface area contributed by atoms with Crippen molar-refractivity contribution >= 4 is 25.6 Å². The van der Waals surface area contributed by atoms with Crippen molar-refractivity contribution in [1.82, 2.24) is 5.32 Å². The summed E-state index contributed by atoms with van der Waals surface area (Å²) in [6.45, 7) is 4.00. The van der Waals surface area contributed by atoms with E-state index in [2.05, 4.69) is 5.32 Å². The van der Waals surface area contributed by atoms with Gasteiger partial charge in [-0.25, -0.2) is 8.42 Å². The lowest BCUT2D eigenvalue weighted by Crippen LogP contribution is -2.33. The highest BCUT2D eigenvalue weighted by Crippen LogP contribution is 2.15. The Bertz CT molecular complexity index is 507. The van der Waals surface area contributed by atoms with Crippen LogP contribution >= 0.6 is 10.7 Å². The van der Waals surface area contributed by atoms with Crippen LogP contribution in [0.1, 0.15) is 37.0 Å². The van der Waals surface area contributed by atoms with Crippen molar-refractivity contribution in [3.05, 3.63) is 29.8 Å². The first-order valence-electron chi connectivity index (χ1n) is 5.74. The van der Waals surface area contributed by atoms with E-state index >= 15 is 0 Å². The van der Waals surface area contributed by atoms with Crippen LogP contribution in [-0.2, 0) is 9.05 Å². The van der Waals surface area contributed by atoms with Crippen LogP contribution in [0.4, 0.5) is 0 Å². The Morgan fingerprint density at radius 1 is 1.22 bits per heavy atom. The van der Waals surface area contributed by atoms with Crippen LogP contribution in [0, 0.1) is 0 Å². The standard InChI is InChI=1S/C12H16ClNO3S/c1-3-10(4-2)14-12(15)9-5-7-11(8-6-9)18(13,16)17/h5-8,10H,3-4H2,1-2H3,(H,14,15). The van der Waals surface area contributed by atoms with Gasteiger partial charge in [-0.3, -0.25) is 4.79 Å². The monoisotopic (exact) mass is 289 g/mol. The van der Waals surface area contributed by atoms with Crippen molar-refractivity contribution in [2.24, 2.45) is 0 Å². The molecule has 1 aromatic carbocycles. The first-order valence-corrected chi connectivity index (χ1v) is 8.05. The van der Waals surface area contributed by atoms with E-state index in [1.165, 1.54) is 24.3 Å². The SMILES string of the molecule is CCC(CC)NC(=O)c1ccc(S(=O)(=O)Cl)cc1. The highest BCUT2D eigenvalue weighted by atomic mass is 35.7. The molecule has 1 N–H and O–H groups in total. The largest absolute Gasteiger partial charge is 0.349 e. The number of nitrogens with one attached hydrogen (secondary N) is 1. The lowest BCUT2D eigenvalue weighted by molar-refractivity contribution is 0.0935. The fraction of sp³-hybridized carbons (Fsp3) is 0.417. The lowest BCUT2D eigenvalue weighted by Gasteiger charge is -2.14. The van der Waals surface area contributed by atoms with Gasteiger partial charge in [-0.05, 0) is 37.1 Å². The van der Waals surface area contributed by atoms with Gasteiger partial charge in [0.1, 0.15) is 0 Å². The fourth-order valence-corrected chi connectivity index (χ4v) is 2.30. The molecule has 0 radical (unpaired) electrons. The molecular weight excluding hydrogens is 274 g/mol. The molecule has 0 saturated carbocycles. The summed E-state index contributed by atoms with van der Waals surface area (Å²) in [6, 6.07) is 5.68. The Labute approximate surface area is 112 Å². The molecule has 4 nitrogen and oxygen atoms in total. The number of carbonyl (C=O) groups is 1. The summed E-state index contributed by atoms with van der Waals surface area (Å²) >= 11 is 0. The number of hydrogen-bond donors (Lipinski definition) is 1. The average Bonchev–Trinajstić information content (AvgIpc) is 2.34. The molecule has 0 saturated heterocycles. The summed E-state index contributed by atoms with van der Waals surface area (Å²) in [5.41, 5.74) is 0.422. The van der Waals surface area contributed by atoms with E-state index in [-0.39, 0.29) is 16.8 Å². The number of benzene rings is 1. The van der Waals surface area contributed by atoms with Crippen LogP contribution in [0.15, 0.2) is 29.2 Å². The lowest BCUT2D eigenvalue weighted by atomic mass is 10.1. The van der Waals surface area contributed by atoms with Crippen molar-refractivity contribution in [2.45, 2.75) is 37.6 Å². The van der Waals surface area contributed by atoms with Gasteiger partial charge in [0.15, 0.2) is 0 Å². The van der Waals surface area contributed by atoms with Gasteiger partial charge in [0.25, 0.3) is 15.0 Å². The molecule has 100 valence electrons. The molecular formula is C12H16ClNO3S. The Morgan fingerprint density at radius 3 is 2.11 bits per heavy atom. The minimum atomic E-state index is -3.74. The van der Waals surface area contributed by atoms with Crippen molar-refractivity contribution in [2.75, 3.05) is 0 Å². The fourth-order valence-electron chi connectivity index (χ4n) is 1.53. The summed E-state index contributed by atoms with van der Waals surface area (Å²) in [4.78, 5) is 11.8. The second-order valence-electron chi connectivity index (χ2n) is 3.95. The third kappa shape index (κ3) is 3.99. The summed E-state index contributed by atoms with van der Waals surface area (Å²) in [5.74, 6) is -0.206. The quantitative estimate of drug-likeness (QED) is 0.847. The minimum absolute atomic E-state index is 0.0109. The molecule has 0 aliphatic heterocycles. The first kappa shape index (κ1) is 15.0. The predicted molar refractivity (Wildman–Crippen MR) is 71.3 cm³/mol. The molecule has 0 unspecified atom stereocenters. The molecule has 6 heteroatoms. The van der Waals surface area contributed by atoms with Gasteiger partial charge < -0.3 is 5.32 Å². The second-order valence-corrected chi connectivity index (χ2v) is 6.52. The maximum atomic E-state index is 11.8. The molecule has 0 aliphatic carbocycles. The minimum Gasteiger partial charge on any atom is -0.349 e. The van der Waals surface area contributed by atoms with Crippen molar-refractivity contribution < 1.29 is 13.2 Å². The highest BCUT2D eigenvalue weighted by Gasteiger charge is 2.13. The van der Waals surface area contributed by atoms with Crippen molar-refractivity contribution in [3.8, 4) is 0 Å². The van der Waals surface area contributed by atoms with Gasteiger partial charge in [-0.15, -0.1) is 0 Å². The zero-order valence-corrected chi connectivity index (χ0v) is 11.9. The predicted octanol–water partition coefficient (Wildman–Crippen LogP) is 2.53. The third-order valence-corrected chi connectivity index (χ3v) is 4.09. The normalized spacial score (nSPS) is 11.6. The topological polar surface area (TPSA) is 63.2 Å². The number of rotatable bonds is 5. The Morgan fingerprint density at radius 2 is 1.72 bits per heavy atom. The average molecular weight is 290 g/mol. The van der Waals surface area contributed by atoms with Crippen LogP contribution in [-0.4, -0.2) is 20.4 Å². The first-order chi connectivity index (χ1) is 8.38. The van der Waals surface area contributed by atoms with Crippen LogP contribution in [0.25, 0.3) is 0 Å². The maximum Gasteiger partial charge on any atom is 0.261 e. The van der Waals surface area contributed by atoms with Crippen LogP contribution in [0.3, 0.4) is 0 Å². The molecule has 0 fully saturated rings. The molecule has 0 bridgehead atoms. The molecule has 0 heterocycles. The summed E-state index contributed by atoms with van der Waals surface area (Å²) in [5, 5.41) is 2.87. The Kier molecular flexibility index (Phi) is 5.16. The van der Waals surface area contributed by atoms with Crippen molar-refractivity contribution in [1.29, 1.82) is 0 Å². The Balaban J connectivity index is 2.83.